The molecule has 1 aromatic rings. The van der Waals surface area contributed by atoms with E-state index in [1.54, 1.807) is 0 Å². The van der Waals surface area contributed by atoms with Gasteiger partial charge in [0.25, 0.3) is 0 Å². The predicted molar refractivity (Wildman–Crippen MR) is 80.0 cm³/mol. The lowest BCUT2D eigenvalue weighted by Crippen LogP contribution is -2.51. The summed E-state index contributed by atoms with van der Waals surface area (Å²) in [5.41, 5.74) is 8.11. The summed E-state index contributed by atoms with van der Waals surface area (Å²) >= 11 is 0. The molecule has 1 aliphatic rings. The number of carbonyl (C=O) groups is 1. The average Bonchev–Trinajstić information content (AvgIpc) is 2.48. The molecule has 1 unspecified atom stereocenters. The van der Waals surface area contributed by atoms with Crippen LogP contribution in [-0.2, 0) is 4.79 Å². The minimum absolute atomic E-state index is 0.00536. The van der Waals surface area contributed by atoms with Gasteiger partial charge in [0.1, 0.15) is 6.04 Å². The number of hydrogen-bond donors (Lipinski definition) is 1. The number of benzene rings is 1. The fourth-order valence-corrected chi connectivity index (χ4v) is 2.37. The molecule has 4 nitrogen and oxygen atoms in total. The van der Waals surface area contributed by atoms with Crippen LogP contribution in [0.1, 0.15) is 17.2 Å². The van der Waals surface area contributed by atoms with E-state index in [0.29, 0.717) is 19.6 Å². The van der Waals surface area contributed by atoms with Gasteiger partial charge in [-0.2, -0.15) is 0 Å². The van der Waals surface area contributed by atoms with Crippen molar-refractivity contribution in [1.29, 1.82) is 0 Å². The Morgan fingerprint density at radius 1 is 1.30 bits per heavy atom. The summed E-state index contributed by atoms with van der Waals surface area (Å²) in [6, 6.07) is 7.23. The second-order valence-electron chi connectivity index (χ2n) is 5.19. The number of carbonyl (C=O) groups excluding carboxylic acids is 1. The molecule has 0 aliphatic carbocycles. The second kappa shape index (κ2) is 6.56. The zero-order chi connectivity index (χ0) is 14.5. The van der Waals surface area contributed by atoms with Crippen molar-refractivity contribution in [2.75, 3.05) is 32.7 Å². The lowest BCUT2D eigenvalue weighted by atomic mass is 10.0. The Morgan fingerprint density at radius 3 is 2.45 bits per heavy atom. The van der Waals surface area contributed by atoms with Gasteiger partial charge in [0.15, 0.2) is 0 Å². The lowest BCUT2D eigenvalue weighted by Gasteiger charge is -2.35. The Labute approximate surface area is 120 Å². The van der Waals surface area contributed by atoms with Crippen LogP contribution in [0.4, 0.5) is 0 Å². The molecule has 1 aromatic carbocycles. The molecule has 0 saturated carbocycles. The van der Waals surface area contributed by atoms with Gasteiger partial charge in [0, 0.05) is 26.2 Å². The van der Waals surface area contributed by atoms with E-state index >= 15 is 0 Å². The molecular formula is C16H21N3O. The molecule has 0 spiro atoms. The van der Waals surface area contributed by atoms with Crippen molar-refractivity contribution < 1.29 is 4.79 Å². The first kappa shape index (κ1) is 14.6. The standard InChI is InChI=1S/C16H21N3O/c1-3-8-18-9-11-19(12-10-18)16(20)15(17)14-6-4-13(2)5-7-14/h1,4-7,15H,8-12,17H2,2H3. The topological polar surface area (TPSA) is 49.6 Å². The highest BCUT2D eigenvalue weighted by molar-refractivity contribution is 5.83. The third kappa shape index (κ3) is 3.38. The van der Waals surface area contributed by atoms with E-state index in [0.717, 1.165) is 24.2 Å². The van der Waals surface area contributed by atoms with E-state index in [1.165, 1.54) is 0 Å². The first-order chi connectivity index (χ1) is 9.61. The normalized spacial score (nSPS) is 17.6. The molecule has 20 heavy (non-hydrogen) atoms. The van der Waals surface area contributed by atoms with E-state index in [2.05, 4.69) is 10.8 Å². The minimum Gasteiger partial charge on any atom is -0.338 e. The van der Waals surface area contributed by atoms with Crippen molar-refractivity contribution in [1.82, 2.24) is 9.80 Å². The third-order valence-electron chi connectivity index (χ3n) is 3.70. The molecule has 106 valence electrons. The van der Waals surface area contributed by atoms with Gasteiger partial charge >= 0.3 is 0 Å². The van der Waals surface area contributed by atoms with Crippen LogP contribution in [0.15, 0.2) is 24.3 Å². The second-order valence-corrected chi connectivity index (χ2v) is 5.19. The van der Waals surface area contributed by atoms with Crippen molar-refractivity contribution in [2.45, 2.75) is 13.0 Å². The van der Waals surface area contributed by atoms with Gasteiger partial charge in [-0.25, -0.2) is 0 Å². The van der Waals surface area contributed by atoms with Gasteiger partial charge in [-0.15, -0.1) is 6.42 Å². The maximum absolute atomic E-state index is 12.4. The monoisotopic (exact) mass is 271 g/mol. The zero-order valence-corrected chi connectivity index (χ0v) is 11.9. The first-order valence-electron chi connectivity index (χ1n) is 6.88. The van der Waals surface area contributed by atoms with Gasteiger partial charge in [0.2, 0.25) is 5.91 Å². The van der Waals surface area contributed by atoms with Crippen LogP contribution < -0.4 is 5.73 Å². The van der Waals surface area contributed by atoms with Gasteiger partial charge in [0.05, 0.1) is 6.54 Å². The Balaban J connectivity index is 1.95. The molecule has 1 amide bonds. The average molecular weight is 271 g/mol. The molecular weight excluding hydrogens is 250 g/mol. The molecule has 1 heterocycles. The van der Waals surface area contributed by atoms with Crippen LogP contribution in [0, 0.1) is 19.3 Å². The maximum Gasteiger partial charge on any atom is 0.244 e. The Bertz CT molecular complexity index is 495. The van der Waals surface area contributed by atoms with Crippen molar-refractivity contribution in [3.63, 3.8) is 0 Å². The summed E-state index contributed by atoms with van der Waals surface area (Å²) in [5, 5.41) is 0. The van der Waals surface area contributed by atoms with E-state index in [-0.39, 0.29) is 5.91 Å². The SMILES string of the molecule is C#CCN1CCN(C(=O)C(N)c2ccc(C)cc2)CC1. The van der Waals surface area contributed by atoms with Crippen LogP contribution in [0.25, 0.3) is 0 Å². The number of amides is 1. The Kier molecular flexibility index (Phi) is 4.78. The molecule has 1 saturated heterocycles. The van der Waals surface area contributed by atoms with Crippen molar-refractivity contribution in [3.8, 4) is 12.3 Å². The highest BCUT2D eigenvalue weighted by Gasteiger charge is 2.25. The van der Waals surface area contributed by atoms with E-state index in [1.807, 2.05) is 36.1 Å². The lowest BCUT2D eigenvalue weighted by molar-refractivity contribution is -0.134. The smallest absolute Gasteiger partial charge is 0.244 e. The quantitative estimate of drug-likeness (QED) is 0.826. The summed E-state index contributed by atoms with van der Waals surface area (Å²) in [5.74, 6) is 2.63. The molecule has 1 atom stereocenters. The highest BCUT2D eigenvalue weighted by atomic mass is 16.2. The zero-order valence-electron chi connectivity index (χ0n) is 11.9. The summed E-state index contributed by atoms with van der Waals surface area (Å²) < 4.78 is 0. The molecule has 2 N–H and O–H groups in total. The molecule has 1 fully saturated rings. The Morgan fingerprint density at radius 2 is 1.90 bits per heavy atom. The summed E-state index contributed by atoms with van der Waals surface area (Å²) in [4.78, 5) is 16.4. The van der Waals surface area contributed by atoms with E-state index < -0.39 is 6.04 Å². The predicted octanol–water partition coefficient (Wildman–Crippen LogP) is 0.772. The van der Waals surface area contributed by atoms with Gasteiger partial charge in [-0.05, 0) is 12.5 Å². The number of nitrogens with zero attached hydrogens (tertiary/aromatic N) is 2. The minimum atomic E-state index is -0.574. The van der Waals surface area contributed by atoms with Gasteiger partial charge in [-0.3, -0.25) is 9.69 Å². The van der Waals surface area contributed by atoms with E-state index in [4.69, 9.17) is 12.2 Å². The fraction of sp³-hybridized carbons (Fsp3) is 0.438. The maximum atomic E-state index is 12.4. The molecule has 0 bridgehead atoms. The largest absolute Gasteiger partial charge is 0.338 e. The van der Waals surface area contributed by atoms with Crippen LogP contribution in [0.3, 0.4) is 0 Å². The highest BCUT2D eigenvalue weighted by Crippen LogP contribution is 2.15. The van der Waals surface area contributed by atoms with Crippen LogP contribution in [0.5, 0.6) is 0 Å². The number of terminal acetylenes is 1. The number of rotatable bonds is 3. The molecule has 1 aliphatic heterocycles. The number of hydrogen-bond acceptors (Lipinski definition) is 3. The van der Waals surface area contributed by atoms with Crippen molar-refractivity contribution in [3.05, 3.63) is 35.4 Å². The van der Waals surface area contributed by atoms with Crippen LogP contribution in [0.2, 0.25) is 0 Å². The molecule has 4 heteroatoms. The van der Waals surface area contributed by atoms with Crippen molar-refractivity contribution >= 4 is 5.91 Å². The van der Waals surface area contributed by atoms with Crippen LogP contribution >= 0.6 is 0 Å². The van der Waals surface area contributed by atoms with Crippen LogP contribution in [-0.4, -0.2) is 48.4 Å². The summed E-state index contributed by atoms with van der Waals surface area (Å²) in [6.45, 7) is 5.68. The summed E-state index contributed by atoms with van der Waals surface area (Å²) in [6.07, 6.45) is 5.30. The molecule has 0 radical (unpaired) electrons. The fourth-order valence-electron chi connectivity index (χ4n) is 2.37. The third-order valence-corrected chi connectivity index (χ3v) is 3.70. The first-order valence-corrected chi connectivity index (χ1v) is 6.88. The van der Waals surface area contributed by atoms with Crippen molar-refractivity contribution in [2.24, 2.45) is 5.73 Å². The number of piperazine rings is 1. The molecule has 0 aromatic heterocycles. The molecule has 2 rings (SSSR count). The summed E-state index contributed by atoms with van der Waals surface area (Å²) in [7, 11) is 0. The van der Waals surface area contributed by atoms with E-state index in [9.17, 15) is 4.79 Å². The van der Waals surface area contributed by atoms with Gasteiger partial charge < -0.3 is 10.6 Å². The number of nitrogens with two attached hydrogens (primary N) is 1. The number of aryl methyl sites for hydroxylation is 1. The Hall–Kier alpha value is -1.83. The van der Waals surface area contributed by atoms with Gasteiger partial charge in [-0.1, -0.05) is 35.7 Å².